The van der Waals surface area contributed by atoms with Crippen molar-refractivity contribution in [3.05, 3.63) is 0 Å². The van der Waals surface area contributed by atoms with Gasteiger partial charge in [-0.05, 0) is 39.0 Å². The number of carbonyl (C=O) groups excluding carboxylic acids is 1. The lowest BCUT2D eigenvalue weighted by atomic mass is 9.98. The van der Waals surface area contributed by atoms with Gasteiger partial charge in [-0.25, -0.2) is 0 Å². The second-order valence-corrected chi connectivity index (χ2v) is 5.74. The highest BCUT2D eigenvalue weighted by atomic mass is 16.5. The third-order valence-corrected chi connectivity index (χ3v) is 4.70. The monoisotopic (exact) mass is 254 g/mol. The van der Waals surface area contributed by atoms with Crippen molar-refractivity contribution in [2.24, 2.45) is 0 Å². The third kappa shape index (κ3) is 2.05. The normalized spacial score (nSPS) is 40.8. The van der Waals surface area contributed by atoms with Gasteiger partial charge in [0.05, 0.1) is 23.9 Å². The van der Waals surface area contributed by atoms with Crippen LogP contribution in [0.5, 0.6) is 0 Å². The van der Waals surface area contributed by atoms with Crippen LogP contribution in [0, 0.1) is 0 Å². The van der Waals surface area contributed by atoms with Crippen molar-refractivity contribution in [1.29, 1.82) is 0 Å². The summed E-state index contributed by atoms with van der Waals surface area (Å²) < 4.78 is 5.56. The molecule has 1 saturated heterocycles. The lowest BCUT2D eigenvalue weighted by Crippen LogP contribution is -2.48. The molecule has 1 heterocycles. The van der Waals surface area contributed by atoms with Gasteiger partial charge in [0.1, 0.15) is 0 Å². The molecule has 2 fully saturated rings. The molecule has 4 atom stereocenters. The Labute approximate surface area is 110 Å². The quantitative estimate of drug-likeness (QED) is 0.833. The van der Waals surface area contributed by atoms with Crippen LogP contribution in [0.25, 0.3) is 0 Å². The molecule has 0 spiro atoms. The van der Waals surface area contributed by atoms with Gasteiger partial charge in [-0.2, -0.15) is 0 Å². The lowest BCUT2D eigenvalue weighted by molar-refractivity contribution is -0.137. The van der Waals surface area contributed by atoms with Crippen LogP contribution in [0.2, 0.25) is 0 Å². The Kier molecular flexibility index (Phi) is 3.97. The van der Waals surface area contributed by atoms with E-state index >= 15 is 0 Å². The van der Waals surface area contributed by atoms with Crippen molar-refractivity contribution >= 4 is 5.91 Å². The van der Waals surface area contributed by atoms with Gasteiger partial charge < -0.3 is 9.64 Å². The van der Waals surface area contributed by atoms with Crippen LogP contribution in [-0.4, -0.2) is 41.8 Å². The minimum atomic E-state index is -0.387. The average molecular weight is 254 g/mol. The van der Waals surface area contributed by atoms with Gasteiger partial charge in [-0.3, -0.25) is 10.1 Å². The second-order valence-electron chi connectivity index (χ2n) is 5.74. The predicted molar refractivity (Wildman–Crippen MR) is 71.2 cm³/mol. The van der Waals surface area contributed by atoms with Crippen molar-refractivity contribution in [3.63, 3.8) is 0 Å². The first-order chi connectivity index (χ1) is 8.57. The zero-order valence-corrected chi connectivity index (χ0v) is 12.0. The molecule has 1 aliphatic carbocycles. The molecule has 1 aliphatic heterocycles. The highest BCUT2D eigenvalue weighted by molar-refractivity contribution is 5.88. The fraction of sp³-hybridized carbons (Fsp3) is 0.929. The number of hydrogen-bond acceptors (Lipinski definition) is 3. The molecule has 4 heteroatoms. The summed E-state index contributed by atoms with van der Waals surface area (Å²) in [5.74, 6) is 0.255. The molecular weight excluding hydrogens is 228 g/mol. The topological polar surface area (TPSA) is 41.6 Å². The second kappa shape index (κ2) is 5.17. The summed E-state index contributed by atoms with van der Waals surface area (Å²) in [6, 6.07) is 0.258. The first-order valence-electron chi connectivity index (χ1n) is 7.20. The molecule has 0 bridgehead atoms. The Balaban J connectivity index is 2.22. The maximum Gasteiger partial charge on any atom is 0.244 e. The molecule has 18 heavy (non-hydrogen) atoms. The maximum absolute atomic E-state index is 12.7. The number of amides is 1. The molecule has 104 valence electrons. The van der Waals surface area contributed by atoms with Gasteiger partial charge in [0.25, 0.3) is 0 Å². The molecule has 2 rings (SSSR count). The number of rotatable bonds is 4. The molecule has 0 aromatic rings. The zero-order chi connectivity index (χ0) is 13.3. The van der Waals surface area contributed by atoms with Crippen LogP contribution in [0.1, 0.15) is 52.9 Å². The van der Waals surface area contributed by atoms with Crippen LogP contribution < -0.4 is 5.32 Å². The summed E-state index contributed by atoms with van der Waals surface area (Å²) in [6.07, 6.45) is 5.48. The number of ether oxygens (including phenoxy) is 1. The van der Waals surface area contributed by atoms with E-state index < -0.39 is 0 Å². The molecule has 0 radical (unpaired) electrons. The summed E-state index contributed by atoms with van der Waals surface area (Å²) in [4.78, 5) is 14.8. The Bertz CT molecular complexity index is 321. The molecule has 4 nitrogen and oxygen atoms in total. The van der Waals surface area contributed by atoms with Crippen LogP contribution >= 0.6 is 0 Å². The molecule has 1 saturated carbocycles. The molecule has 1 amide bonds. The van der Waals surface area contributed by atoms with Crippen molar-refractivity contribution in [2.45, 2.75) is 76.7 Å². The first kappa shape index (κ1) is 13.8. The summed E-state index contributed by atoms with van der Waals surface area (Å²) in [5.41, 5.74) is -0.387. The fourth-order valence-corrected chi connectivity index (χ4v) is 3.36. The average Bonchev–Trinajstić information content (AvgIpc) is 2.93. The summed E-state index contributed by atoms with van der Waals surface area (Å²) in [5, 5.41) is 3.51. The van der Waals surface area contributed by atoms with E-state index in [1.807, 2.05) is 6.92 Å². The molecule has 1 N–H and O–H groups in total. The van der Waals surface area contributed by atoms with Gasteiger partial charge in [0.15, 0.2) is 0 Å². The smallest absolute Gasteiger partial charge is 0.244 e. The Morgan fingerprint density at radius 2 is 2.17 bits per heavy atom. The third-order valence-electron chi connectivity index (χ3n) is 4.70. The molecule has 0 aromatic heterocycles. The van der Waals surface area contributed by atoms with E-state index in [0.29, 0.717) is 0 Å². The molecule has 4 unspecified atom stereocenters. The van der Waals surface area contributed by atoms with E-state index in [-0.39, 0.29) is 29.8 Å². The SMILES string of the molecule is CCC1NC(C)(CC)C(=O)N1C1CCCC1OC. The number of methoxy groups -OCH3 is 1. The summed E-state index contributed by atoms with van der Waals surface area (Å²) >= 11 is 0. The summed E-state index contributed by atoms with van der Waals surface area (Å²) in [7, 11) is 1.76. The molecule has 2 aliphatic rings. The first-order valence-corrected chi connectivity index (χ1v) is 7.20. The Morgan fingerprint density at radius 1 is 1.44 bits per heavy atom. The minimum absolute atomic E-state index is 0.170. The fourth-order valence-electron chi connectivity index (χ4n) is 3.36. The number of hydrogen-bond donors (Lipinski definition) is 1. The van der Waals surface area contributed by atoms with E-state index in [1.54, 1.807) is 7.11 Å². The predicted octanol–water partition coefficient (Wildman–Crippen LogP) is 1.89. The standard InChI is InChI=1S/C14H26N2O2/c1-5-12-15-14(3,6-2)13(17)16(12)10-8-7-9-11(10)18-4/h10-12,15H,5-9H2,1-4H3. The summed E-state index contributed by atoms with van der Waals surface area (Å²) in [6.45, 7) is 6.23. The highest BCUT2D eigenvalue weighted by Crippen LogP contribution is 2.34. The highest BCUT2D eigenvalue weighted by Gasteiger charge is 2.50. The van der Waals surface area contributed by atoms with Gasteiger partial charge in [0, 0.05) is 7.11 Å². The van der Waals surface area contributed by atoms with Crippen molar-refractivity contribution in [2.75, 3.05) is 7.11 Å². The maximum atomic E-state index is 12.7. The van der Waals surface area contributed by atoms with E-state index in [1.165, 1.54) is 0 Å². The van der Waals surface area contributed by atoms with Gasteiger partial charge >= 0.3 is 0 Å². The Morgan fingerprint density at radius 3 is 2.72 bits per heavy atom. The molecule has 0 aromatic carbocycles. The number of carbonyl (C=O) groups is 1. The van der Waals surface area contributed by atoms with Crippen LogP contribution in [0.15, 0.2) is 0 Å². The lowest BCUT2D eigenvalue weighted by Gasteiger charge is -2.33. The van der Waals surface area contributed by atoms with Gasteiger partial charge in [0.2, 0.25) is 5.91 Å². The number of nitrogens with one attached hydrogen (secondary N) is 1. The number of nitrogens with zero attached hydrogens (tertiary/aromatic N) is 1. The van der Waals surface area contributed by atoms with Crippen molar-refractivity contribution in [1.82, 2.24) is 10.2 Å². The molecular formula is C14H26N2O2. The van der Waals surface area contributed by atoms with E-state index in [0.717, 1.165) is 32.1 Å². The van der Waals surface area contributed by atoms with Crippen LogP contribution in [0.3, 0.4) is 0 Å². The van der Waals surface area contributed by atoms with Crippen LogP contribution in [0.4, 0.5) is 0 Å². The Hall–Kier alpha value is -0.610. The van der Waals surface area contributed by atoms with Crippen LogP contribution in [-0.2, 0) is 9.53 Å². The van der Waals surface area contributed by atoms with E-state index in [2.05, 4.69) is 24.1 Å². The minimum Gasteiger partial charge on any atom is -0.379 e. The van der Waals surface area contributed by atoms with Gasteiger partial charge in [-0.15, -0.1) is 0 Å². The zero-order valence-electron chi connectivity index (χ0n) is 12.0. The largest absolute Gasteiger partial charge is 0.379 e. The van der Waals surface area contributed by atoms with Gasteiger partial charge in [-0.1, -0.05) is 13.8 Å². The van der Waals surface area contributed by atoms with Crippen molar-refractivity contribution < 1.29 is 9.53 Å². The van der Waals surface area contributed by atoms with E-state index in [9.17, 15) is 4.79 Å². The van der Waals surface area contributed by atoms with E-state index in [4.69, 9.17) is 4.74 Å². The van der Waals surface area contributed by atoms with Crippen molar-refractivity contribution in [3.8, 4) is 0 Å².